The van der Waals surface area contributed by atoms with Crippen LogP contribution in [0.3, 0.4) is 0 Å². The number of nitrogens with zero attached hydrogens (tertiary/aromatic N) is 3. The maximum absolute atomic E-state index is 14.4. The minimum Gasteiger partial charge on any atom is -0.489 e. The number of hydrogen-bond donors (Lipinski definition) is 0. The van der Waals surface area contributed by atoms with E-state index in [1.807, 2.05) is 60.1 Å². The second-order valence-corrected chi connectivity index (χ2v) is 10.8. The molecule has 0 amide bonds. The van der Waals surface area contributed by atoms with E-state index in [4.69, 9.17) is 14.6 Å². The SMILES string of the molecule is COC(=O)CCc1ccc(OCc2ccc(Cn3nc(C(C)(C)C)cc3OCc3cccc(C)n3)cc2)cc1F. The largest absolute Gasteiger partial charge is 0.489 e. The predicted molar refractivity (Wildman–Crippen MR) is 151 cm³/mol. The van der Waals surface area contributed by atoms with Crippen LogP contribution in [-0.4, -0.2) is 27.8 Å². The summed E-state index contributed by atoms with van der Waals surface area (Å²) in [5.74, 6) is 0.354. The summed E-state index contributed by atoms with van der Waals surface area (Å²) in [7, 11) is 1.32. The molecule has 40 heavy (non-hydrogen) atoms. The number of carbonyl (C=O) groups is 1. The Bertz CT molecular complexity index is 1440. The van der Waals surface area contributed by atoms with Gasteiger partial charge in [0, 0.05) is 29.7 Å². The predicted octanol–water partition coefficient (Wildman–Crippen LogP) is 6.34. The third kappa shape index (κ3) is 7.91. The lowest BCUT2D eigenvalue weighted by molar-refractivity contribution is -0.140. The summed E-state index contributed by atoms with van der Waals surface area (Å²) in [5.41, 5.74) is 5.12. The second kappa shape index (κ2) is 12.8. The Morgan fingerprint density at radius 1 is 0.950 bits per heavy atom. The van der Waals surface area contributed by atoms with Crippen molar-refractivity contribution in [3.05, 3.63) is 106 Å². The molecule has 0 bridgehead atoms. The lowest BCUT2D eigenvalue weighted by atomic mass is 9.93. The number of carbonyl (C=O) groups excluding carboxylic acids is 1. The van der Waals surface area contributed by atoms with Crippen molar-refractivity contribution >= 4 is 5.97 Å². The zero-order valence-corrected chi connectivity index (χ0v) is 23.7. The lowest BCUT2D eigenvalue weighted by Gasteiger charge is -2.14. The Morgan fingerprint density at radius 2 is 1.70 bits per heavy atom. The number of ether oxygens (including phenoxy) is 3. The van der Waals surface area contributed by atoms with Gasteiger partial charge in [-0.25, -0.2) is 9.07 Å². The summed E-state index contributed by atoms with van der Waals surface area (Å²) in [5, 5.41) is 4.83. The molecule has 0 spiro atoms. The van der Waals surface area contributed by atoms with Crippen molar-refractivity contribution in [2.24, 2.45) is 0 Å². The number of aromatic nitrogens is 3. The van der Waals surface area contributed by atoms with E-state index in [1.165, 1.54) is 13.2 Å². The fourth-order valence-electron chi connectivity index (χ4n) is 4.06. The molecule has 0 aliphatic rings. The first-order valence-electron chi connectivity index (χ1n) is 13.3. The van der Waals surface area contributed by atoms with Gasteiger partial charge in [0.05, 0.1) is 25.0 Å². The monoisotopic (exact) mass is 545 g/mol. The van der Waals surface area contributed by atoms with Crippen LogP contribution in [0.25, 0.3) is 0 Å². The number of hydrogen-bond acceptors (Lipinski definition) is 6. The molecule has 0 fully saturated rings. The van der Waals surface area contributed by atoms with E-state index in [0.717, 1.165) is 28.2 Å². The van der Waals surface area contributed by atoms with Gasteiger partial charge in [-0.1, -0.05) is 57.2 Å². The molecule has 0 unspecified atom stereocenters. The molecular formula is C32H36FN3O4. The van der Waals surface area contributed by atoms with Gasteiger partial charge in [0.25, 0.3) is 0 Å². The maximum atomic E-state index is 14.4. The summed E-state index contributed by atoms with van der Waals surface area (Å²) in [6.07, 6.45) is 0.414. The van der Waals surface area contributed by atoms with Gasteiger partial charge in [-0.15, -0.1) is 0 Å². The third-order valence-electron chi connectivity index (χ3n) is 6.44. The standard InChI is InChI=1S/C32H36FN3O4/c1-22-7-6-8-26(34-22)21-40-30-18-29(32(2,3)4)35-36(30)19-23-9-11-24(12-10-23)20-39-27-15-13-25(28(33)17-27)14-16-31(37)38-5/h6-13,15,17-18H,14,16,19-21H2,1-5H3. The molecule has 8 heteroatoms. The van der Waals surface area contributed by atoms with Gasteiger partial charge in [0.2, 0.25) is 5.88 Å². The van der Waals surface area contributed by atoms with Crippen LogP contribution in [0.15, 0.2) is 66.7 Å². The lowest BCUT2D eigenvalue weighted by Crippen LogP contribution is -2.13. The fraction of sp³-hybridized carbons (Fsp3) is 0.344. The molecule has 0 saturated heterocycles. The second-order valence-electron chi connectivity index (χ2n) is 10.8. The van der Waals surface area contributed by atoms with Gasteiger partial charge in [-0.3, -0.25) is 9.78 Å². The Labute approximate surface area is 234 Å². The van der Waals surface area contributed by atoms with E-state index in [0.29, 0.717) is 37.0 Å². The van der Waals surface area contributed by atoms with Crippen LogP contribution in [0.5, 0.6) is 11.6 Å². The molecule has 7 nitrogen and oxygen atoms in total. The summed E-state index contributed by atoms with van der Waals surface area (Å²) in [6, 6.07) is 20.6. The van der Waals surface area contributed by atoms with E-state index < -0.39 is 5.82 Å². The van der Waals surface area contributed by atoms with Crippen LogP contribution >= 0.6 is 0 Å². The maximum Gasteiger partial charge on any atom is 0.305 e. The number of pyridine rings is 1. The number of esters is 1. The molecule has 4 aromatic rings. The van der Waals surface area contributed by atoms with Crippen molar-refractivity contribution in [3.8, 4) is 11.6 Å². The fourth-order valence-corrected chi connectivity index (χ4v) is 4.06. The van der Waals surface area contributed by atoms with E-state index >= 15 is 0 Å². The molecular weight excluding hydrogens is 509 g/mol. The molecule has 2 aromatic heterocycles. The molecule has 2 aromatic carbocycles. The Morgan fingerprint density at radius 3 is 2.38 bits per heavy atom. The normalized spacial score (nSPS) is 11.3. The number of benzene rings is 2. The van der Waals surface area contributed by atoms with Crippen molar-refractivity contribution < 1.29 is 23.4 Å². The molecule has 0 aliphatic heterocycles. The van der Waals surface area contributed by atoms with Crippen molar-refractivity contribution in [2.75, 3.05) is 7.11 Å². The number of halogens is 1. The van der Waals surface area contributed by atoms with Crippen LogP contribution in [0.1, 0.15) is 61.0 Å². The minimum absolute atomic E-state index is 0.120. The van der Waals surface area contributed by atoms with E-state index in [9.17, 15) is 9.18 Å². The molecule has 0 radical (unpaired) electrons. The summed E-state index contributed by atoms with van der Waals surface area (Å²) >= 11 is 0. The van der Waals surface area contributed by atoms with Gasteiger partial charge in [-0.05, 0) is 48.2 Å². The molecule has 0 N–H and O–H groups in total. The van der Waals surface area contributed by atoms with Crippen molar-refractivity contribution in [1.29, 1.82) is 0 Å². The molecule has 0 atom stereocenters. The quantitative estimate of drug-likeness (QED) is 0.205. The smallest absolute Gasteiger partial charge is 0.305 e. The van der Waals surface area contributed by atoms with Crippen molar-refractivity contribution in [3.63, 3.8) is 0 Å². The van der Waals surface area contributed by atoms with Crippen LogP contribution in [-0.2, 0) is 41.1 Å². The number of rotatable bonds is 11. The first-order chi connectivity index (χ1) is 19.1. The Kier molecular flexibility index (Phi) is 9.19. The third-order valence-corrected chi connectivity index (χ3v) is 6.44. The average molecular weight is 546 g/mol. The van der Waals surface area contributed by atoms with Gasteiger partial charge >= 0.3 is 5.97 Å². The highest BCUT2D eigenvalue weighted by Crippen LogP contribution is 2.27. The first-order valence-corrected chi connectivity index (χ1v) is 13.3. The van der Waals surface area contributed by atoms with Gasteiger partial charge in [-0.2, -0.15) is 5.10 Å². The van der Waals surface area contributed by atoms with E-state index in [-0.39, 0.29) is 24.2 Å². The summed E-state index contributed by atoms with van der Waals surface area (Å²) in [6.45, 7) is 9.55. The van der Waals surface area contributed by atoms with E-state index in [2.05, 4.69) is 30.5 Å². The zero-order valence-electron chi connectivity index (χ0n) is 23.7. The van der Waals surface area contributed by atoms with Gasteiger partial charge in [0.15, 0.2) is 0 Å². The van der Waals surface area contributed by atoms with Crippen LogP contribution in [0.2, 0.25) is 0 Å². The minimum atomic E-state index is -0.401. The highest BCUT2D eigenvalue weighted by atomic mass is 19.1. The van der Waals surface area contributed by atoms with Crippen molar-refractivity contribution in [1.82, 2.24) is 14.8 Å². The summed E-state index contributed by atoms with van der Waals surface area (Å²) < 4.78 is 32.9. The van der Waals surface area contributed by atoms with Crippen LogP contribution in [0, 0.1) is 12.7 Å². The van der Waals surface area contributed by atoms with E-state index in [1.54, 1.807) is 12.1 Å². The van der Waals surface area contributed by atoms with Gasteiger partial charge < -0.3 is 14.2 Å². The first kappa shape index (κ1) is 28.8. The average Bonchev–Trinajstić information content (AvgIpc) is 3.34. The van der Waals surface area contributed by atoms with Gasteiger partial charge in [0.1, 0.15) is 24.8 Å². The number of methoxy groups -OCH3 is 1. The molecule has 2 heterocycles. The molecule has 0 saturated carbocycles. The Hall–Kier alpha value is -4.20. The highest BCUT2D eigenvalue weighted by Gasteiger charge is 2.21. The zero-order chi connectivity index (χ0) is 28.7. The Balaban J connectivity index is 1.38. The number of aryl methyl sites for hydroxylation is 2. The molecule has 4 rings (SSSR count). The van der Waals surface area contributed by atoms with Crippen LogP contribution < -0.4 is 9.47 Å². The van der Waals surface area contributed by atoms with Crippen molar-refractivity contribution in [2.45, 2.75) is 65.7 Å². The summed E-state index contributed by atoms with van der Waals surface area (Å²) in [4.78, 5) is 15.8. The molecule has 0 aliphatic carbocycles. The highest BCUT2D eigenvalue weighted by molar-refractivity contribution is 5.69. The topological polar surface area (TPSA) is 75.5 Å². The van der Waals surface area contributed by atoms with Crippen LogP contribution in [0.4, 0.5) is 4.39 Å². The molecule has 210 valence electrons.